The molecule has 4 rings (SSSR count). The lowest BCUT2D eigenvalue weighted by atomic mass is 10.2. The average molecular weight is 352 g/mol. The molecule has 0 atom stereocenters. The zero-order valence-corrected chi connectivity index (χ0v) is 14.2. The zero-order chi connectivity index (χ0) is 17.2. The maximum atomic E-state index is 12.1. The molecule has 2 N–H and O–H groups in total. The van der Waals surface area contributed by atoms with Gasteiger partial charge in [0.2, 0.25) is 11.8 Å². The molecule has 2 amide bonds. The number of benzene rings is 2. The van der Waals surface area contributed by atoms with Gasteiger partial charge in [0.25, 0.3) is 0 Å². The van der Waals surface area contributed by atoms with Crippen LogP contribution in [0.2, 0.25) is 0 Å². The maximum absolute atomic E-state index is 12.1. The maximum Gasteiger partial charge on any atom is 0.244 e. The van der Waals surface area contributed by atoms with Crippen LogP contribution in [-0.2, 0) is 9.59 Å². The number of anilines is 1. The Balaban J connectivity index is 1.44. The van der Waals surface area contributed by atoms with E-state index in [-0.39, 0.29) is 18.4 Å². The first-order valence-electron chi connectivity index (χ1n) is 7.89. The van der Waals surface area contributed by atoms with Crippen LogP contribution in [0.15, 0.2) is 48.5 Å². The highest BCUT2D eigenvalue weighted by Gasteiger charge is 2.22. The van der Waals surface area contributed by atoms with Gasteiger partial charge < -0.3 is 15.2 Å². The molecule has 0 bridgehead atoms. The van der Waals surface area contributed by atoms with Crippen molar-refractivity contribution in [3.63, 3.8) is 0 Å². The van der Waals surface area contributed by atoms with Gasteiger partial charge in [-0.15, -0.1) is 11.8 Å². The Morgan fingerprint density at radius 3 is 2.72 bits per heavy atom. The molecule has 3 aromatic rings. The number of aromatic amines is 1. The van der Waals surface area contributed by atoms with Crippen LogP contribution in [-0.4, -0.2) is 44.9 Å². The highest BCUT2D eigenvalue weighted by atomic mass is 32.2. The molecule has 0 radical (unpaired) electrons. The molecule has 2 aromatic carbocycles. The Kier molecular flexibility index (Phi) is 4.15. The monoisotopic (exact) mass is 352 g/mol. The Hall–Kier alpha value is -2.80. The van der Waals surface area contributed by atoms with Crippen LogP contribution < -0.4 is 5.32 Å². The summed E-state index contributed by atoms with van der Waals surface area (Å²) in [6.45, 7) is 0.0944. The number of amides is 2. The average Bonchev–Trinajstić information content (AvgIpc) is 3.22. The Morgan fingerprint density at radius 2 is 2.00 bits per heavy atom. The van der Waals surface area contributed by atoms with Crippen molar-refractivity contribution >= 4 is 40.3 Å². The van der Waals surface area contributed by atoms with Crippen molar-refractivity contribution < 1.29 is 9.59 Å². The van der Waals surface area contributed by atoms with Crippen molar-refractivity contribution in [1.29, 1.82) is 0 Å². The molecule has 1 fully saturated rings. The number of hydrogen-bond acceptors (Lipinski definition) is 4. The van der Waals surface area contributed by atoms with E-state index in [1.54, 1.807) is 4.90 Å². The molecule has 1 aromatic heterocycles. The van der Waals surface area contributed by atoms with Crippen molar-refractivity contribution in [3.8, 4) is 11.4 Å². The second-order valence-electron chi connectivity index (χ2n) is 5.80. The summed E-state index contributed by atoms with van der Waals surface area (Å²) < 4.78 is 0. The molecule has 2 heterocycles. The minimum Gasteiger partial charge on any atom is -0.338 e. The number of nitrogens with zero attached hydrogens (tertiary/aromatic N) is 2. The van der Waals surface area contributed by atoms with E-state index in [1.165, 1.54) is 11.8 Å². The van der Waals surface area contributed by atoms with Crippen molar-refractivity contribution in [2.75, 3.05) is 23.5 Å². The number of fused-ring (bicyclic) bond motifs is 1. The second kappa shape index (κ2) is 6.60. The van der Waals surface area contributed by atoms with Gasteiger partial charge >= 0.3 is 0 Å². The summed E-state index contributed by atoms with van der Waals surface area (Å²) in [6, 6.07) is 15.3. The smallest absolute Gasteiger partial charge is 0.244 e. The van der Waals surface area contributed by atoms with Crippen LogP contribution >= 0.6 is 11.8 Å². The van der Waals surface area contributed by atoms with Crippen LogP contribution in [0.3, 0.4) is 0 Å². The summed E-state index contributed by atoms with van der Waals surface area (Å²) in [5.74, 6) is 1.66. The molecule has 0 spiro atoms. The topological polar surface area (TPSA) is 78.1 Å². The summed E-state index contributed by atoms with van der Waals surface area (Å²) in [5.41, 5.74) is 3.55. The lowest BCUT2D eigenvalue weighted by molar-refractivity contribution is -0.130. The number of rotatable bonds is 4. The van der Waals surface area contributed by atoms with Crippen molar-refractivity contribution in [2.45, 2.75) is 0 Å². The predicted molar refractivity (Wildman–Crippen MR) is 99.2 cm³/mol. The van der Waals surface area contributed by atoms with Crippen molar-refractivity contribution in [2.24, 2.45) is 0 Å². The highest BCUT2D eigenvalue weighted by molar-refractivity contribution is 8.00. The molecular formula is C18H16N4O2S. The molecule has 6 nitrogen and oxygen atoms in total. The third-order valence-corrected chi connectivity index (χ3v) is 4.94. The number of carbonyl (C=O) groups is 2. The summed E-state index contributed by atoms with van der Waals surface area (Å²) in [4.78, 5) is 33.0. The first-order valence-corrected chi connectivity index (χ1v) is 9.05. The summed E-state index contributed by atoms with van der Waals surface area (Å²) in [5, 5.41) is 2.82. The van der Waals surface area contributed by atoms with E-state index in [4.69, 9.17) is 0 Å². The van der Waals surface area contributed by atoms with E-state index in [0.29, 0.717) is 17.3 Å². The molecule has 7 heteroatoms. The van der Waals surface area contributed by atoms with Crippen LogP contribution in [0.1, 0.15) is 0 Å². The minimum absolute atomic E-state index is 0.0142. The lowest BCUT2D eigenvalue weighted by Gasteiger charge is -2.14. The number of carbonyl (C=O) groups excluding carboxylic acids is 2. The van der Waals surface area contributed by atoms with Crippen molar-refractivity contribution in [1.82, 2.24) is 14.9 Å². The molecule has 1 saturated heterocycles. The molecule has 25 heavy (non-hydrogen) atoms. The summed E-state index contributed by atoms with van der Waals surface area (Å²) >= 11 is 1.53. The van der Waals surface area contributed by atoms with Gasteiger partial charge in [-0.25, -0.2) is 4.98 Å². The van der Waals surface area contributed by atoms with Gasteiger partial charge in [0.1, 0.15) is 12.4 Å². The van der Waals surface area contributed by atoms with Crippen LogP contribution in [0, 0.1) is 0 Å². The van der Waals surface area contributed by atoms with Gasteiger partial charge in [0.15, 0.2) is 0 Å². The van der Waals surface area contributed by atoms with Gasteiger partial charge in [0, 0.05) is 11.3 Å². The fourth-order valence-corrected chi connectivity index (χ4v) is 3.62. The van der Waals surface area contributed by atoms with Gasteiger partial charge in [-0.1, -0.05) is 12.1 Å². The summed E-state index contributed by atoms with van der Waals surface area (Å²) in [6.07, 6.45) is 0. The number of aromatic nitrogens is 2. The van der Waals surface area contributed by atoms with E-state index in [2.05, 4.69) is 15.3 Å². The first-order chi connectivity index (χ1) is 12.2. The predicted octanol–water partition coefficient (Wildman–Crippen LogP) is 2.70. The molecule has 0 aliphatic carbocycles. The Labute approximate surface area is 148 Å². The van der Waals surface area contributed by atoms with Crippen LogP contribution in [0.4, 0.5) is 5.69 Å². The number of hydrogen-bond donors (Lipinski definition) is 2. The van der Waals surface area contributed by atoms with E-state index in [1.807, 2.05) is 48.5 Å². The second-order valence-corrected chi connectivity index (χ2v) is 6.75. The van der Waals surface area contributed by atoms with Gasteiger partial charge in [-0.2, -0.15) is 0 Å². The van der Waals surface area contributed by atoms with E-state index in [0.717, 1.165) is 22.4 Å². The fraction of sp³-hybridized carbons (Fsp3) is 0.167. The first kappa shape index (κ1) is 15.7. The molecule has 1 aliphatic rings. The Morgan fingerprint density at radius 1 is 1.20 bits per heavy atom. The highest BCUT2D eigenvalue weighted by Crippen LogP contribution is 2.22. The van der Waals surface area contributed by atoms with Crippen molar-refractivity contribution in [3.05, 3.63) is 48.5 Å². The van der Waals surface area contributed by atoms with Crippen LogP contribution in [0.5, 0.6) is 0 Å². The third kappa shape index (κ3) is 3.36. The van der Waals surface area contributed by atoms with E-state index < -0.39 is 0 Å². The molecule has 0 unspecified atom stereocenters. The van der Waals surface area contributed by atoms with E-state index >= 15 is 0 Å². The zero-order valence-electron chi connectivity index (χ0n) is 13.4. The summed E-state index contributed by atoms with van der Waals surface area (Å²) in [7, 11) is 0. The quantitative estimate of drug-likeness (QED) is 0.757. The van der Waals surface area contributed by atoms with Gasteiger partial charge in [-0.3, -0.25) is 9.59 Å². The minimum atomic E-state index is -0.188. The fourth-order valence-electron chi connectivity index (χ4n) is 2.72. The Bertz CT molecular complexity index is 903. The van der Waals surface area contributed by atoms with Gasteiger partial charge in [0.05, 0.1) is 22.7 Å². The molecular weight excluding hydrogens is 336 g/mol. The lowest BCUT2D eigenvalue weighted by Crippen LogP contribution is -2.34. The normalized spacial score (nSPS) is 14.2. The molecule has 126 valence electrons. The number of nitrogens with one attached hydrogen (secondary N) is 2. The van der Waals surface area contributed by atoms with Crippen LogP contribution in [0.25, 0.3) is 22.4 Å². The van der Waals surface area contributed by atoms with Gasteiger partial charge in [-0.05, 0) is 36.4 Å². The standard InChI is InChI=1S/C18H16N4O2S/c23-16(9-22-11-25-10-17(22)24)19-13-7-5-12(6-8-13)18-20-14-3-1-2-4-15(14)21-18/h1-8H,9-11H2,(H,19,23)(H,20,21). The number of imidazole rings is 1. The number of H-pyrrole nitrogens is 1. The number of para-hydroxylation sites is 2. The molecule has 1 aliphatic heterocycles. The SMILES string of the molecule is O=C(CN1CSCC1=O)Nc1ccc(-c2nc3ccccc3[nH]2)cc1. The molecule has 0 saturated carbocycles. The largest absolute Gasteiger partial charge is 0.338 e. The van der Waals surface area contributed by atoms with E-state index in [9.17, 15) is 9.59 Å². The number of thioether (sulfide) groups is 1. The third-order valence-electron chi connectivity index (χ3n) is 3.99.